The van der Waals surface area contributed by atoms with E-state index in [1.165, 1.54) is 0 Å². The average Bonchev–Trinajstić information content (AvgIpc) is 3.04. The van der Waals surface area contributed by atoms with Gasteiger partial charge >= 0.3 is 5.97 Å². The van der Waals surface area contributed by atoms with E-state index in [1.807, 2.05) is 41.0 Å². The zero-order valence-electron chi connectivity index (χ0n) is 16.1. The van der Waals surface area contributed by atoms with Crippen molar-refractivity contribution in [1.82, 2.24) is 14.8 Å². The number of nitrogens with one attached hydrogen (secondary N) is 1. The molecule has 0 fully saturated rings. The standard InChI is InChI=1S/C21H18Cl2N4O2S/c1-2-29-18(28)10-8-16-20-25-26-21(30)27(20)17-9-7-12(22)11-14(17)19(24-16)13-5-3-4-6-15(13)23/h3-7,9,11,16H,2,8,10H2,1H3,(H,26,30)/t16-/m0/s1. The molecule has 9 heteroatoms. The minimum Gasteiger partial charge on any atom is -0.466 e. The SMILES string of the molecule is CCOC(=O)CC[C@@H]1N=C(c2ccccc2Cl)c2cc(Cl)ccc2-n2c1n[nH]c2=S. The number of carbonyl (C=O) groups is 1. The van der Waals surface area contributed by atoms with Gasteiger partial charge in [0.1, 0.15) is 6.04 Å². The molecule has 0 radical (unpaired) electrons. The van der Waals surface area contributed by atoms with Crippen LogP contribution in [-0.2, 0) is 9.53 Å². The van der Waals surface area contributed by atoms with Crippen molar-refractivity contribution in [3.8, 4) is 5.69 Å². The van der Waals surface area contributed by atoms with Crippen LogP contribution < -0.4 is 0 Å². The number of aliphatic imine (C=N–C) groups is 1. The van der Waals surface area contributed by atoms with Crippen LogP contribution in [0.4, 0.5) is 0 Å². The molecule has 6 nitrogen and oxygen atoms in total. The van der Waals surface area contributed by atoms with Crippen LogP contribution in [0, 0.1) is 4.77 Å². The van der Waals surface area contributed by atoms with E-state index in [0.717, 1.165) is 16.8 Å². The van der Waals surface area contributed by atoms with Gasteiger partial charge in [0.25, 0.3) is 0 Å². The molecule has 1 aromatic heterocycles. The topological polar surface area (TPSA) is 72.3 Å². The van der Waals surface area contributed by atoms with Gasteiger partial charge in [0.2, 0.25) is 0 Å². The summed E-state index contributed by atoms with van der Waals surface area (Å²) in [5, 5.41) is 8.39. The van der Waals surface area contributed by atoms with Crippen LogP contribution in [0.5, 0.6) is 0 Å². The number of halogens is 2. The number of rotatable bonds is 5. The van der Waals surface area contributed by atoms with Crippen LogP contribution in [0.3, 0.4) is 0 Å². The van der Waals surface area contributed by atoms with Crippen LogP contribution in [-0.4, -0.2) is 33.1 Å². The molecule has 1 atom stereocenters. The van der Waals surface area contributed by atoms with E-state index in [-0.39, 0.29) is 12.4 Å². The maximum absolute atomic E-state index is 12.0. The van der Waals surface area contributed by atoms with Crippen molar-refractivity contribution in [3.63, 3.8) is 0 Å². The van der Waals surface area contributed by atoms with E-state index in [1.54, 1.807) is 13.0 Å². The van der Waals surface area contributed by atoms with Crippen molar-refractivity contribution < 1.29 is 9.53 Å². The minimum atomic E-state index is -0.431. The summed E-state index contributed by atoms with van der Waals surface area (Å²) in [4.78, 5) is 17.0. The summed E-state index contributed by atoms with van der Waals surface area (Å²) in [5.41, 5.74) is 3.02. The third-order valence-electron chi connectivity index (χ3n) is 4.79. The molecule has 4 rings (SSSR count). The fourth-order valence-electron chi connectivity index (χ4n) is 3.49. The van der Waals surface area contributed by atoms with E-state index < -0.39 is 6.04 Å². The summed E-state index contributed by atoms with van der Waals surface area (Å²) in [6, 6.07) is 12.6. The third kappa shape index (κ3) is 3.93. The fraction of sp³-hybridized carbons (Fsp3) is 0.238. The van der Waals surface area contributed by atoms with Gasteiger partial charge in [-0.05, 0) is 49.8 Å². The number of aromatic amines is 1. The van der Waals surface area contributed by atoms with Gasteiger partial charge in [0, 0.05) is 27.6 Å². The number of ether oxygens (including phenoxy) is 1. The highest BCUT2D eigenvalue weighted by atomic mass is 35.5. The first-order valence-electron chi connectivity index (χ1n) is 9.45. The Kier molecular flexibility index (Phi) is 6.04. The van der Waals surface area contributed by atoms with Crippen LogP contribution in [0.25, 0.3) is 5.69 Å². The summed E-state index contributed by atoms with van der Waals surface area (Å²) < 4.78 is 7.36. The van der Waals surface area contributed by atoms with Gasteiger partial charge in [-0.1, -0.05) is 41.4 Å². The van der Waals surface area contributed by atoms with Gasteiger partial charge < -0.3 is 4.74 Å². The Balaban J connectivity index is 1.92. The van der Waals surface area contributed by atoms with Gasteiger partial charge in [-0.2, -0.15) is 5.10 Å². The molecule has 1 aliphatic rings. The van der Waals surface area contributed by atoms with Crippen molar-refractivity contribution in [1.29, 1.82) is 0 Å². The minimum absolute atomic E-state index is 0.203. The van der Waals surface area contributed by atoms with Crippen molar-refractivity contribution in [2.24, 2.45) is 4.99 Å². The van der Waals surface area contributed by atoms with Gasteiger partial charge in [-0.15, -0.1) is 0 Å². The molecular formula is C21H18Cl2N4O2S. The highest BCUT2D eigenvalue weighted by Gasteiger charge is 2.28. The second-order valence-electron chi connectivity index (χ2n) is 6.70. The number of carbonyl (C=O) groups excluding carboxylic acids is 1. The Bertz CT molecular complexity index is 1200. The van der Waals surface area contributed by atoms with Crippen molar-refractivity contribution >= 4 is 47.1 Å². The van der Waals surface area contributed by atoms with Crippen LogP contribution in [0.15, 0.2) is 47.5 Å². The van der Waals surface area contributed by atoms with E-state index in [2.05, 4.69) is 10.2 Å². The lowest BCUT2D eigenvalue weighted by molar-refractivity contribution is -0.143. The van der Waals surface area contributed by atoms with Gasteiger partial charge in [-0.3, -0.25) is 19.5 Å². The Hall–Kier alpha value is -2.48. The molecule has 0 saturated carbocycles. The molecule has 3 aromatic rings. The van der Waals surface area contributed by atoms with Crippen molar-refractivity contribution in [2.45, 2.75) is 25.8 Å². The molecule has 0 aliphatic carbocycles. The predicted molar refractivity (Wildman–Crippen MR) is 119 cm³/mol. The van der Waals surface area contributed by atoms with Gasteiger partial charge in [-0.25, -0.2) is 0 Å². The number of hydrogen-bond donors (Lipinski definition) is 1. The molecule has 2 heterocycles. The second-order valence-corrected chi connectivity index (χ2v) is 7.93. The zero-order valence-corrected chi connectivity index (χ0v) is 18.4. The smallest absolute Gasteiger partial charge is 0.305 e. The predicted octanol–water partition coefficient (Wildman–Crippen LogP) is 5.47. The first-order chi connectivity index (χ1) is 14.5. The molecule has 0 spiro atoms. The van der Waals surface area contributed by atoms with Crippen molar-refractivity contribution in [2.75, 3.05) is 6.61 Å². The number of fused-ring (bicyclic) bond motifs is 3. The lowest BCUT2D eigenvalue weighted by Crippen LogP contribution is -2.10. The molecule has 1 N–H and O–H groups in total. The number of H-pyrrole nitrogens is 1. The molecular weight excluding hydrogens is 443 g/mol. The first kappa shape index (κ1) is 20.8. The highest BCUT2D eigenvalue weighted by molar-refractivity contribution is 7.71. The normalized spacial score (nSPS) is 15.0. The molecule has 0 unspecified atom stereocenters. The fourth-order valence-corrected chi connectivity index (χ4v) is 4.13. The summed E-state index contributed by atoms with van der Waals surface area (Å²) in [6.07, 6.45) is 0.614. The van der Waals surface area contributed by atoms with Crippen LogP contribution in [0.1, 0.15) is 42.8 Å². The molecule has 1 aliphatic heterocycles. The van der Waals surface area contributed by atoms with E-state index in [0.29, 0.717) is 39.4 Å². The Labute approximate surface area is 188 Å². The summed E-state index contributed by atoms with van der Waals surface area (Å²) >= 11 is 18.3. The lowest BCUT2D eigenvalue weighted by atomic mass is 10.00. The van der Waals surface area contributed by atoms with Gasteiger partial charge in [0.05, 0.1) is 18.0 Å². The maximum Gasteiger partial charge on any atom is 0.305 e. The number of esters is 1. The quantitative estimate of drug-likeness (QED) is 0.404. The number of aromatic nitrogens is 3. The summed E-state index contributed by atoms with van der Waals surface area (Å²) in [6.45, 7) is 2.11. The summed E-state index contributed by atoms with van der Waals surface area (Å²) in [7, 11) is 0. The van der Waals surface area contributed by atoms with E-state index >= 15 is 0 Å². The molecule has 30 heavy (non-hydrogen) atoms. The van der Waals surface area contributed by atoms with Crippen LogP contribution in [0.2, 0.25) is 10.0 Å². The third-order valence-corrected chi connectivity index (χ3v) is 5.63. The molecule has 0 bridgehead atoms. The molecule has 154 valence electrons. The average molecular weight is 461 g/mol. The maximum atomic E-state index is 12.0. The molecule has 0 amide bonds. The number of hydrogen-bond acceptors (Lipinski definition) is 5. The molecule has 2 aromatic carbocycles. The highest BCUT2D eigenvalue weighted by Crippen LogP contribution is 2.35. The Morgan fingerprint density at radius 1 is 1.23 bits per heavy atom. The Morgan fingerprint density at radius 2 is 2.03 bits per heavy atom. The zero-order chi connectivity index (χ0) is 21.3. The molecule has 0 saturated heterocycles. The van der Waals surface area contributed by atoms with Gasteiger partial charge in [0.15, 0.2) is 10.6 Å². The second kappa shape index (κ2) is 8.71. The number of benzene rings is 2. The number of nitrogens with zero attached hydrogens (tertiary/aromatic N) is 3. The van der Waals surface area contributed by atoms with Crippen molar-refractivity contribution in [3.05, 3.63) is 74.2 Å². The Morgan fingerprint density at radius 3 is 2.80 bits per heavy atom. The largest absolute Gasteiger partial charge is 0.466 e. The first-order valence-corrected chi connectivity index (χ1v) is 10.6. The summed E-state index contributed by atoms with van der Waals surface area (Å²) in [5.74, 6) is 0.340. The van der Waals surface area contributed by atoms with Crippen LogP contribution >= 0.6 is 35.4 Å². The van der Waals surface area contributed by atoms with E-state index in [4.69, 9.17) is 45.1 Å². The monoisotopic (exact) mass is 460 g/mol. The lowest BCUT2D eigenvalue weighted by Gasteiger charge is -2.13. The van der Waals surface area contributed by atoms with E-state index in [9.17, 15) is 4.79 Å².